The molecule has 0 fully saturated rings. The fourth-order valence-corrected chi connectivity index (χ4v) is 4.41. The third-order valence-electron chi connectivity index (χ3n) is 6.34. The summed E-state index contributed by atoms with van der Waals surface area (Å²) in [7, 11) is 1.64. The van der Waals surface area contributed by atoms with Gasteiger partial charge in [0.25, 0.3) is 11.2 Å². The van der Waals surface area contributed by atoms with E-state index in [1.807, 2.05) is 61.7 Å². The van der Waals surface area contributed by atoms with Gasteiger partial charge in [0.2, 0.25) is 0 Å². The molecule has 0 radical (unpaired) electrons. The molecule has 0 atom stereocenters. The molecular weight excluding hydrogens is 470 g/mol. The van der Waals surface area contributed by atoms with Crippen molar-refractivity contribution in [2.45, 2.75) is 13.3 Å². The number of rotatable bonds is 8. The van der Waals surface area contributed by atoms with Gasteiger partial charge in [-0.05, 0) is 49.2 Å². The van der Waals surface area contributed by atoms with Gasteiger partial charge >= 0.3 is 0 Å². The van der Waals surface area contributed by atoms with Crippen LogP contribution in [0.4, 0.5) is 5.69 Å². The number of non-ortho nitro benzene ring substituents is 1. The molecule has 2 heterocycles. The first-order valence-electron chi connectivity index (χ1n) is 11.8. The Hall–Kier alpha value is -4.92. The van der Waals surface area contributed by atoms with Crippen molar-refractivity contribution in [3.63, 3.8) is 0 Å². The third-order valence-corrected chi connectivity index (χ3v) is 6.34. The predicted octanol–water partition coefficient (Wildman–Crippen LogP) is 5.28. The number of nitro benzene ring substituents is 1. The Labute approximate surface area is 212 Å². The molecule has 186 valence electrons. The minimum absolute atomic E-state index is 0.0421. The first-order valence-corrected chi connectivity index (χ1v) is 11.8. The minimum atomic E-state index is -0.470. The highest BCUT2D eigenvalue weighted by Gasteiger charge is 2.19. The topological polar surface area (TPSA) is 118 Å². The SMILES string of the molecule is COc1ccc2[nH]cc(CCN=C(C)c3c(-c4ccccc4)[nH]n(-c4ccc([N+](=O)[O-])cc4)c3=O)c2c1. The number of benzene rings is 3. The first kappa shape index (κ1) is 23.8. The summed E-state index contributed by atoms with van der Waals surface area (Å²) in [5.41, 5.74) is 4.88. The number of nitro groups is 1. The number of fused-ring (bicyclic) bond motifs is 1. The molecule has 0 spiro atoms. The van der Waals surface area contributed by atoms with Crippen LogP contribution in [0, 0.1) is 10.1 Å². The zero-order valence-electron chi connectivity index (χ0n) is 20.4. The number of ether oxygens (including phenoxy) is 1. The number of hydrogen-bond donors (Lipinski definition) is 2. The average molecular weight is 496 g/mol. The molecule has 0 amide bonds. The lowest BCUT2D eigenvalue weighted by atomic mass is 10.1. The molecule has 37 heavy (non-hydrogen) atoms. The van der Waals surface area contributed by atoms with E-state index in [0.29, 0.717) is 35.6 Å². The number of aliphatic imine (C=N–C) groups is 1. The third kappa shape index (κ3) is 4.66. The second kappa shape index (κ2) is 9.98. The van der Waals surface area contributed by atoms with Crippen LogP contribution in [0.3, 0.4) is 0 Å². The van der Waals surface area contributed by atoms with Crippen molar-refractivity contribution >= 4 is 22.3 Å². The number of hydrogen-bond acceptors (Lipinski definition) is 5. The van der Waals surface area contributed by atoms with Crippen LogP contribution >= 0.6 is 0 Å². The smallest absolute Gasteiger partial charge is 0.280 e. The molecule has 0 aliphatic rings. The lowest BCUT2D eigenvalue weighted by Crippen LogP contribution is -2.20. The van der Waals surface area contributed by atoms with E-state index in [-0.39, 0.29) is 11.2 Å². The molecule has 5 aromatic rings. The summed E-state index contributed by atoms with van der Waals surface area (Å²) in [4.78, 5) is 32.2. The number of aromatic nitrogens is 3. The van der Waals surface area contributed by atoms with Gasteiger partial charge in [-0.25, -0.2) is 4.68 Å². The molecule has 0 aliphatic heterocycles. The van der Waals surface area contributed by atoms with Crippen molar-refractivity contribution in [3.05, 3.63) is 111 Å². The van der Waals surface area contributed by atoms with Gasteiger partial charge < -0.3 is 9.72 Å². The van der Waals surface area contributed by atoms with Crippen molar-refractivity contribution in [2.24, 2.45) is 4.99 Å². The first-order chi connectivity index (χ1) is 18.0. The number of nitrogens with one attached hydrogen (secondary N) is 2. The van der Waals surface area contributed by atoms with Crippen molar-refractivity contribution in [1.29, 1.82) is 0 Å². The maximum absolute atomic E-state index is 13.6. The van der Waals surface area contributed by atoms with E-state index < -0.39 is 4.92 Å². The highest BCUT2D eigenvalue weighted by Crippen LogP contribution is 2.25. The van der Waals surface area contributed by atoms with Gasteiger partial charge in [0.15, 0.2) is 0 Å². The molecular formula is C28H25N5O4. The van der Waals surface area contributed by atoms with E-state index in [9.17, 15) is 14.9 Å². The van der Waals surface area contributed by atoms with Crippen LogP contribution in [-0.4, -0.2) is 39.1 Å². The summed E-state index contributed by atoms with van der Waals surface area (Å²) in [6.45, 7) is 2.32. The van der Waals surface area contributed by atoms with E-state index >= 15 is 0 Å². The van der Waals surface area contributed by atoms with Gasteiger partial charge in [-0.1, -0.05) is 30.3 Å². The van der Waals surface area contributed by atoms with Crippen molar-refractivity contribution in [3.8, 4) is 22.7 Å². The van der Waals surface area contributed by atoms with Crippen LogP contribution in [-0.2, 0) is 6.42 Å². The Kier molecular flexibility index (Phi) is 6.42. The molecule has 9 heteroatoms. The van der Waals surface area contributed by atoms with E-state index in [2.05, 4.69) is 10.1 Å². The summed E-state index contributed by atoms with van der Waals surface area (Å²) in [6.07, 6.45) is 2.66. The van der Waals surface area contributed by atoms with Crippen LogP contribution < -0.4 is 10.3 Å². The number of aromatic amines is 2. The van der Waals surface area contributed by atoms with E-state index in [4.69, 9.17) is 9.73 Å². The van der Waals surface area contributed by atoms with Gasteiger partial charge in [-0.3, -0.25) is 25.0 Å². The highest BCUT2D eigenvalue weighted by molar-refractivity contribution is 6.03. The summed E-state index contributed by atoms with van der Waals surface area (Å²) in [5, 5.41) is 15.3. The minimum Gasteiger partial charge on any atom is -0.497 e. The van der Waals surface area contributed by atoms with Gasteiger partial charge in [-0.2, -0.15) is 0 Å². The van der Waals surface area contributed by atoms with Crippen molar-refractivity contribution < 1.29 is 9.66 Å². The van der Waals surface area contributed by atoms with Gasteiger partial charge in [0.05, 0.1) is 29.0 Å². The summed E-state index contributed by atoms with van der Waals surface area (Å²) in [6, 6.07) is 21.3. The van der Waals surface area contributed by atoms with Gasteiger partial charge in [0, 0.05) is 47.1 Å². The van der Waals surface area contributed by atoms with Crippen LogP contribution in [0.1, 0.15) is 18.1 Å². The maximum Gasteiger partial charge on any atom is 0.280 e. The Bertz CT molecular complexity index is 1660. The summed E-state index contributed by atoms with van der Waals surface area (Å²) in [5.74, 6) is 0.791. The van der Waals surface area contributed by atoms with Gasteiger partial charge in [0.1, 0.15) is 5.75 Å². The molecule has 0 bridgehead atoms. The average Bonchev–Trinajstić information content (AvgIpc) is 3.49. The highest BCUT2D eigenvalue weighted by atomic mass is 16.6. The Morgan fingerprint density at radius 1 is 1.08 bits per heavy atom. The molecule has 0 saturated heterocycles. The van der Waals surface area contributed by atoms with Crippen LogP contribution in [0.5, 0.6) is 5.75 Å². The molecule has 9 nitrogen and oxygen atoms in total. The fourth-order valence-electron chi connectivity index (χ4n) is 4.41. The number of nitrogens with zero attached hydrogens (tertiary/aromatic N) is 3. The van der Waals surface area contributed by atoms with E-state index in [1.54, 1.807) is 19.2 Å². The lowest BCUT2D eigenvalue weighted by molar-refractivity contribution is -0.384. The Morgan fingerprint density at radius 3 is 2.54 bits per heavy atom. The molecule has 3 aromatic carbocycles. The van der Waals surface area contributed by atoms with Crippen molar-refractivity contribution in [1.82, 2.24) is 14.8 Å². The number of methoxy groups -OCH3 is 1. The normalized spacial score (nSPS) is 11.7. The fraction of sp³-hybridized carbons (Fsp3) is 0.143. The molecule has 2 N–H and O–H groups in total. The van der Waals surface area contributed by atoms with E-state index in [1.165, 1.54) is 16.8 Å². The van der Waals surface area contributed by atoms with Crippen LogP contribution in [0.15, 0.2) is 88.8 Å². The van der Waals surface area contributed by atoms with Crippen LogP contribution in [0.2, 0.25) is 0 Å². The monoisotopic (exact) mass is 495 g/mol. The van der Waals surface area contributed by atoms with E-state index in [0.717, 1.165) is 27.8 Å². The second-order valence-corrected chi connectivity index (χ2v) is 8.58. The second-order valence-electron chi connectivity index (χ2n) is 8.58. The Balaban J connectivity index is 1.49. The zero-order valence-corrected chi connectivity index (χ0v) is 20.4. The molecule has 0 aliphatic carbocycles. The largest absolute Gasteiger partial charge is 0.497 e. The van der Waals surface area contributed by atoms with Crippen LogP contribution in [0.25, 0.3) is 27.8 Å². The number of H-pyrrole nitrogens is 2. The van der Waals surface area contributed by atoms with Crippen molar-refractivity contribution in [2.75, 3.05) is 13.7 Å². The zero-order chi connectivity index (χ0) is 25.9. The molecule has 0 unspecified atom stereocenters. The predicted molar refractivity (Wildman–Crippen MR) is 144 cm³/mol. The molecule has 2 aromatic heterocycles. The summed E-state index contributed by atoms with van der Waals surface area (Å²) >= 11 is 0. The quantitative estimate of drug-likeness (QED) is 0.173. The Morgan fingerprint density at radius 2 is 1.84 bits per heavy atom. The van der Waals surface area contributed by atoms with Gasteiger partial charge in [-0.15, -0.1) is 0 Å². The lowest BCUT2D eigenvalue weighted by Gasteiger charge is -2.04. The summed E-state index contributed by atoms with van der Waals surface area (Å²) < 4.78 is 6.75. The molecule has 5 rings (SSSR count). The molecule has 0 saturated carbocycles. The maximum atomic E-state index is 13.6. The standard InChI is InChI=1S/C28H25N5O4/c1-18(29-15-14-20-17-30-25-13-12-23(37-2)16-24(20)25)26-27(19-6-4-3-5-7-19)31-32(28(26)34)21-8-10-22(11-9-21)33(35)36/h3-13,16-17,30-31H,14-15H2,1-2H3.